The summed E-state index contributed by atoms with van der Waals surface area (Å²) in [6, 6.07) is 5.65. The summed E-state index contributed by atoms with van der Waals surface area (Å²) in [5.41, 5.74) is 12.0. The topological polar surface area (TPSA) is 144 Å². The van der Waals surface area contributed by atoms with Gasteiger partial charge in [-0.3, -0.25) is 4.55 Å². The van der Waals surface area contributed by atoms with Crippen LogP contribution in [0.5, 0.6) is 0 Å². The Kier molecular flexibility index (Phi) is 5.48. The highest BCUT2D eigenvalue weighted by molar-refractivity contribution is 7.85. The van der Waals surface area contributed by atoms with E-state index >= 15 is 0 Å². The minimum absolute atomic E-state index is 0.0298. The summed E-state index contributed by atoms with van der Waals surface area (Å²) in [5, 5.41) is 3.22. The van der Waals surface area contributed by atoms with Crippen LogP contribution < -0.4 is 16.8 Å². The van der Waals surface area contributed by atoms with Gasteiger partial charge in [0.05, 0.1) is 4.90 Å². The van der Waals surface area contributed by atoms with Crippen molar-refractivity contribution in [2.45, 2.75) is 17.7 Å². The third-order valence-corrected chi connectivity index (χ3v) is 4.09. The van der Waals surface area contributed by atoms with Gasteiger partial charge in [0.1, 0.15) is 5.82 Å². The van der Waals surface area contributed by atoms with E-state index in [-0.39, 0.29) is 16.7 Å². The first-order valence-electron chi connectivity index (χ1n) is 7.04. The van der Waals surface area contributed by atoms with Crippen molar-refractivity contribution < 1.29 is 13.0 Å². The van der Waals surface area contributed by atoms with Crippen LogP contribution in [-0.2, 0) is 10.1 Å². The molecule has 1 fully saturated rings. The molecule has 0 radical (unpaired) electrons. The zero-order chi connectivity index (χ0) is 16.9. The average molecular weight is 337 g/mol. The highest BCUT2D eigenvalue weighted by Crippen LogP contribution is 2.26. The number of nitrogens with two attached hydrogens (primary N) is 2. The third-order valence-electron chi connectivity index (χ3n) is 3.24. The number of nitrogens with one attached hydrogen (secondary N) is 1. The summed E-state index contributed by atoms with van der Waals surface area (Å²) in [4.78, 5) is 7.33. The zero-order valence-electron chi connectivity index (χ0n) is 12.4. The number of hydrogen-bond donors (Lipinski definition) is 4. The predicted octanol–water partition coefficient (Wildman–Crippen LogP) is 0.924. The summed E-state index contributed by atoms with van der Waals surface area (Å²) in [6.45, 7) is 2.50. The van der Waals surface area contributed by atoms with Gasteiger partial charge in [-0.15, -0.1) is 0 Å². The van der Waals surface area contributed by atoms with Crippen molar-refractivity contribution in [2.24, 2.45) is 0 Å². The van der Waals surface area contributed by atoms with Gasteiger partial charge < -0.3 is 16.8 Å². The van der Waals surface area contributed by atoms with Gasteiger partial charge in [0.25, 0.3) is 10.1 Å². The van der Waals surface area contributed by atoms with Gasteiger partial charge in [-0.2, -0.15) is 13.4 Å². The highest BCUT2D eigenvalue weighted by Gasteiger charge is 2.12. The second kappa shape index (κ2) is 7.36. The average Bonchev–Trinajstić information content (AvgIpc) is 3.06. The fraction of sp³-hybridized carbons (Fsp3) is 0.286. The number of benzene rings is 1. The van der Waals surface area contributed by atoms with E-state index < -0.39 is 10.1 Å². The molecule has 6 N–H and O–H groups in total. The van der Waals surface area contributed by atoms with Gasteiger partial charge in [-0.25, -0.2) is 4.98 Å². The van der Waals surface area contributed by atoms with E-state index in [9.17, 15) is 8.42 Å². The minimum Gasteiger partial charge on any atom is -0.383 e. The van der Waals surface area contributed by atoms with Crippen LogP contribution in [-0.4, -0.2) is 36.0 Å². The van der Waals surface area contributed by atoms with Crippen molar-refractivity contribution in [3.63, 3.8) is 0 Å². The molecule has 1 aliphatic rings. The highest BCUT2D eigenvalue weighted by atomic mass is 32.2. The maximum atomic E-state index is 11.0. The van der Waals surface area contributed by atoms with Crippen molar-refractivity contribution in [1.82, 2.24) is 15.3 Å². The summed E-state index contributed by atoms with van der Waals surface area (Å²) in [6.07, 6.45) is 4.17. The Hall–Kier alpha value is -2.23. The molecular weight excluding hydrogens is 318 g/mol. The standard InChI is InChI=1S/C10H10N4O3S.C4H9N/c11-9-8(5-13-10(12)14-9)6-2-1-3-7(4-6)18(15,16)17;1-2-4-5-3-1/h1-5H,(H,15,16,17)(H4,11,12,13,14);5H,1-4H2. The second-order valence-corrected chi connectivity index (χ2v) is 6.41. The summed E-state index contributed by atoms with van der Waals surface area (Å²) in [7, 11) is -4.26. The zero-order valence-corrected chi connectivity index (χ0v) is 13.3. The number of anilines is 2. The maximum absolute atomic E-state index is 11.0. The van der Waals surface area contributed by atoms with E-state index in [0.29, 0.717) is 11.1 Å². The molecule has 1 aliphatic heterocycles. The number of nitrogens with zero attached hydrogens (tertiary/aromatic N) is 2. The summed E-state index contributed by atoms with van der Waals surface area (Å²) in [5.74, 6) is 0.164. The van der Waals surface area contributed by atoms with E-state index in [1.54, 1.807) is 6.07 Å². The molecule has 1 aromatic carbocycles. The van der Waals surface area contributed by atoms with Crippen LogP contribution >= 0.6 is 0 Å². The van der Waals surface area contributed by atoms with Crippen LogP contribution in [0.25, 0.3) is 11.1 Å². The number of rotatable bonds is 2. The van der Waals surface area contributed by atoms with Crippen molar-refractivity contribution in [1.29, 1.82) is 0 Å². The fourth-order valence-corrected chi connectivity index (χ4v) is 2.61. The lowest BCUT2D eigenvalue weighted by molar-refractivity contribution is 0.483. The van der Waals surface area contributed by atoms with Crippen molar-refractivity contribution >= 4 is 21.9 Å². The van der Waals surface area contributed by atoms with E-state index in [2.05, 4.69) is 15.3 Å². The monoisotopic (exact) mass is 337 g/mol. The van der Waals surface area contributed by atoms with Crippen LogP contribution in [0, 0.1) is 0 Å². The van der Waals surface area contributed by atoms with Gasteiger partial charge in [0.15, 0.2) is 0 Å². The quantitative estimate of drug-likeness (QED) is 0.592. The van der Waals surface area contributed by atoms with E-state index in [0.717, 1.165) is 0 Å². The van der Waals surface area contributed by atoms with Crippen molar-refractivity contribution in [3.05, 3.63) is 30.5 Å². The number of hydrogen-bond acceptors (Lipinski definition) is 7. The lowest BCUT2D eigenvalue weighted by Crippen LogP contribution is -2.03. The first-order valence-corrected chi connectivity index (χ1v) is 8.48. The molecule has 0 bridgehead atoms. The molecule has 1 aromatic heterocycles. The Morgan fingerprint density at radius 2 is 1.87 bits per heavy atom. The van der Waals surface area contributed by atoms with Crippen molar-refractivity contribution in [2.75, 3.05) is 24.6 Å². The van der Waals surface area contributed by atoms with Gasteiger partial charge in [-0.1, -0.05) is 12.1 Å². The van der Waals surface area contributed by atoms with Gasteiger partial charge in [0, 0.05) is 11.8 Å². The molecule has 0 spiro atoms. The van der Waals surface area contributed by atoms with Crippen LogP contribution in [0.15, 0.2) is 35.4 Å². The molecule has 0 saturated carbocycles. The molecule has 9 heteroatoms. The number of nitrogen functional groups attached to an aromatic ring is 2. The second-order valence-electron chi connectivity index (χ2n) is 4.99. The fourth-order valence-electron chi connectivity index (χ4n) is 2.08. The van der Waals surface area contributed by atoms with Gasteiger partial charge in [0.2, 0.25) is 5.95 Å². The summed E-state index contributed by atoms with van der Waals surface area (Å²) >= 11 is 0. The molecule has 1 saturated heterocycles. The first-order chi connectivity index (χ1) is 10.9. The molecule has 0 amide bonds. The van der Waals surface area contributed by atoms with E-state index in [1.165, 1.54) is 50.3 Å². The molecule has 2 heterocycles. The molecule has 0 aliphatic carbocycles. The first kappa shape index (κ1) is 17.1. The largest absolute Gasteiger partial charge is 0.383 e. The van der Waals surface area contributed by atoms with Crippen LogP contribution in [0.1, 0.15) is 12.8 Å². The molecule has 8 nitrogen and oxygen atoms in total. The Balaban J connectivity index is 0.000000326. The lowest BCUT2D eigenvalue weighted by Gasteiger charge is -2.06. The minimum atomic E-state index is -4.26. The van der Waals surface area contributed by atoms with Crippen LogP contribution in [0.4, 0.5) is 11.8 Å². The smallest absolute Gasteiger partial charge is 0.294 e. The van der Waals surface area contributed by atoms with Gasteiger partial charge in [-0.05, 0) is 43.6 Å². The molecule has 2 aromatic rings. The van der Waals surface area contributed by atoms with Crippen molar-refractivity contribution in [3.8, 4) is 11.1 Å². The molecule has 0 unspecified atom stereocenters. The Bertz CT molecular complexity index is 768. The Labute approximate surface area is 134 Å². The number of aromatic nitrogens is 2. The molecule has 23 heavy (non-hydrogen) atoms. The Morgan fingerprint density at radius 3 is 2.39 bits per heavy atom. The van der Waals surface area contributed by atoms with Crippen LogP contribution in [0.3, 0.4) is 0 Å². The van der Waals surface area contributed by atoms with Crippen LogP contribution in [0.2, 0.25) is 0 Å². The molecule has 3 rings (SSSR count). The maximum Gasteiger partial charge on any atom is 0.294 e. The Morgan fingerprint density at radius 1 is 1.17 bits per heavy atom. The molecule has 0 atom stereocenters. The lowest BCUT2D eigenvalue weighted by atomic mass is 10.1. The predicted molar refractivity (Wildman–Crippen MR) is 88.2 cm³/mol. The molecule has 124 valence electrons. The van der Waals surface area contributed by atoms with E-state index in [4.69, 9.17) is 16.0 Å². The SMILES string of the molecule is C1CCNC1.Nc1ncc(-c2cccc(S(=O)(=O)O)c2)c(N)n1. The van der Waals surface area contributed by atoms with E-state index in [1.807, 2.05) is 0 Å². The third kappa shape index (κ3) is 4.88. The van der Waals surface area contributed by atoms with Gasteiger partial charge >= 0.3 is 0 Å². The normalized spacial score (nSPS) is 14.1. The summed E-state index contributed by atoms with van der Waals surface area (Å²) < 4.78 is 31.0. The molecular formula is C14H19N5O3S.